The Bertz CT molecular complexity index is 495. The van der Waals surface area contributed by atoms with Gasteiger partial charge in [0.1, 0.15) is 10.7 Å². The number of halogens is 2. The quantitative estimate of drug-likeness (QED) is 0.573. The molecule has 0 amide bonds. The van der Waals surface area contributed by atoms with Crippen LogP contribution in [0.3, 0.4) is 0 Å². The van der Waals surface area contributed by atoms with Gasteiger partial charge < -0.3 is 4.74 Å². The minimum atomic E-state index is -5.04. The molecule has 1 aromatic carbocycles. The van der Waals surface area contributed by atoms with Crippen LogP contribution in [0.15, 0.2) is 23.1 Å². The highest BCUT2D eigenvalue weighted by atomic mass is 32.3. The molecule has 0 N–H and O–H groups in total. The second kappa shape index (κ2) is 3.93. The van der Waals surface area contributed by atoms with Gasteiger partial charge in [-0.15, -0.1) is 3.89 Å². The second-order valence-electron chi connectivity index (χ2n) is 2.61. The molecule has 0 bridgehead atoms. The number of methoxy groups -OCH3 is 1. The molecule has 0 atom stereocenters. The van der Waals surface area contributed by atoms with Crippen molar-refractivity contribution >= 4 is 16.2 Å². The van der Waals surface area contributed by atoms with E-state index in [1.54, 1.807) is 0 Å². The van der Waals surface area contributed by atoms with Crippen molar-refractivity contribution in [1.82, 2.24) is 0 Å². The van der Waals surface area contributed by atoms with E-state index in [0.29, 0.717) is 12.1 Å². The van der Waals surface area contributed by atoms with Gasteiger partial charge in [0.15, 0.2) is 0 Å². The molecular weight excluding hydrogens is 230 g/mol. The third-order valence-corrected chi connectivity index (χ3v) is 2.37. The molecule has 0 saturated heterocycles. The second-order valence-corrected chi connectivity index (χ2v) is 3.95. The van der Waals surface area contributed by atoms with Gasteiger partial charge in [-0.3, -0.25) is 0 Å². The van der Waals surface area contributed by atoms with Crippen molar-refractivity contribution in [3.8, 4) is 0 Å². The first-order valence-electron chi connectivity index (χ1n) is 3.68. The number of rotatable bonds is 2. The van der Waals surface area contributed by atoms with E-state index in [2.05, 4.69) is 4.74 Å². The summed E-state index contributed by atoms with van der Waals surface area (Å²) in [5.74, 6) is -1.98. The van der Waals surface area contributed by atoms with Crippen molar-refractivity contribution in [2.24, 2.45) is 0 Å². The fourth-order valence-corrected chi connectivity index (χ4v) is 1.46. The van der Waals surface area contributed by atoms with Crippen LogP contribution in [0.2, 0.25) is 0 Å². The fraction of sp³-hybridized carbons (Fsp3) is 0.125. The van der Waals surface area contributed by atoms with Crippen molar-refractivity contribution < 1.29 is 26.2 Å². The summed E-state index contributed by atoms with van der Waals surface area (Å²) < 4.78 is 50.5. The van der Waals surface area contributed by atoms with Crippen LogP contribution >= 0.6 is 0 Å². The summed E-state index contributed by atoms with van der Waals surface area (Å²) in [5, 5.41) is 0. The zero-order chi connectivity index (χ0) is 11.6. The van der Waals surface area contributed by atoms with Crippen LogP contribution in [-0.2, 0) is 15.0 Å². The van der Waals surface area contributed by atoms with E-state index in [1.807, 2.05) is 0 Å². The van der Waals surface area contributed by atoms with E-state index >= 15 is 0 Å². The van der Waals surface area contributed by atoms with Gasteiger partial charge in [0.2, 0.25) is 0 Å². The largest absolute Gasteiger partial charge is 0.465 e. The maximum absolute atomic E-state index is 12.8. The van der Waals surface area contributed by atoms with Gasteiger partial charge in [0.05, 0.1) is 12.7 Å². The van der Waals surface area contributed by atoms with E-state index < -0.39 is 26.9 Å². The van der Waals surface area contributed by atoms with Crippen LogP contribution in [0, 0.1) is 5.82 Å². The van der Waals surface area contributed by atoms with Crippen molar-refractivity contribution in [2.75, 3.05) is 7.11 Å². The minimum absolute atomic E-state index is 0.367. The summed E-state index contributed by atoms with van der Waals surface area (Å²) >= 11 is 0. The third-order valence-electron chi connectivity index (χ3n) is 1.57. The molecule has 0 radical (unpaired) electrons. The lowest BCUT2D eigenvalue weighted by atomic mass is 10.2. The summed E-state index contributed by atoms with van der Waals surface area (Å²) in [4.78, 5) is 10.0. The third kappa shape index (κ3) is 2.72. The normalized spacial score (nSPS) is 11.1. The first-order valence-corrected chi connectivity index (χ1v) is 5.06. The van der Waals surface area contributed by atoms with E-state index in [4.69, 9.17) is 0 Å². The van der Waals surface area contributed by atoms with Gasteiger partial charge >= 0.3 is 16.2 Å². The van der Waals surface area contributed by atoms with Crippen molar-refractivity contribution in [2.45, 2.75) is 4.90 Å². The van der Waals surface area contributed by atoms with Crippen molar-refractivity contribution in [3.63, 3.8) is 0 Å². The molecule has 0 unspecified atom stereocenters. The summed E-state index contributed by atoms with van der Waals surface area (Å²) in [5.41, 5.74) is -0.367. The maximum atomic E-state index is 12.8. The number of hydrogen-bond acceptors (Lipinski definition) is 4. The molecule has 1 aromatic rings. The summed E-state index contributed by atoms with van der Waals surface area (Å²) in [7, 11) is -4.00. The average molecular weight is 236 g/mol. The molecule has 7 heteroatoms. The predicted octanol–water partition coefficient (Wildman–Crippen LogP) is 1.27. The Morgan fingerprint density at radius 2 is 1.93 bits per heavy atom. The molecule has 82 valence electrons. The highest BCUT2D eigenvalue weighted by molar-refractivity contribution is 7.86. The minimum Gasteiger partial charge on any atom is -0.465 e. The molecule has 0 saturated carbocycles. The molecule has 0 heterocycles. The van der Waals surface area contributed by atoms with Gasteiger partial charge in [-0.1, -0.05) is 0 Å². The van der Waals surface area contributed by atoms with Gasteiger partial charge in [-0.05, 0) is 18.2 Å². The van der Waals surface area contributed by atoms with Crippen LogP contribution in [0.5, 0.6) is 0 Å². The van der Waals surface area contributed by atoms with Crippen LogP contribution in [-0.4, -0.2) is 21.5 Å². The SMILES string of the molecule is COC(=O)c1cc(F)cc(S(=O)(=O)F)c1. The number of benzene rings is 1. The zero-order valence-electron chi connectivity index (χ0n) is 7.53. The number of hydrogen-bond donors (Lipinski definition) is 0. The number of ether oxygens (including phenoxy) is 1. The molecular formula is C8H6F2O4S. The molecule has 0 aliphatic carbocycles. The number of carbonyl (C=O) groups is 1. The van der Waals surface area contributed by atoms with E-state index in [0.717, 1.165) is 13.2 Å². The lowest BCUT2D eigenvalue weighted by molar-refractivity contribution is 0.0600. The maximum Gasteiger partial charge on any atom is 0.337 e. The van der Waals surface area contributed by atoms with Gasteiger partial charge in [-0.2, -0.15) is 8.42 Å². The molecule has 0 aliphatic heterocycles. The Hall–Kier alpha value is -1.50. The van der Waals surface area contributed by atoms with Crippen LogP contribution < -0.4 is 0 Å². The van der Waals surface area contributed by atoms with Crippen molar-refractivity contribution in [3.05, 3.63) is 29.6 Å². The lowest BCUT2D eigenvalue weighted by Gasteiger charge is -2.01. The molecule has 1 rings (SSSR count). The Morgan fingerprint density at radius 3 is 2.40 bits per heavy atom. The van der Waals surface area contributed by atoms with Crippen LogP contribution in [0.4, 0.5) is 8.28 Å². The van der Waals surface area contributed by atoms with Crippen molar-refractivity contribution in [1.29, 1.82) is 0 Å². The lowest BCUT2D eigenvalue weighted by Crippen LogP contribution is -2.04. The Labute approximate surface area is 84.7 Å². The van der Waals surface area contributed by atoms with Crippen LogP contribution in [0.25, 0.3) is 0 Å². The Kier molecular flexibility index (Phi) is 3.04. The topological polar surface area (TPSA) is 60.4 Å². The molecule has 4 nitrogen and oxygen atoms in total. The Morgan fingerprint density at radius 1 is 1.33 bits per heavy atom. The first-order chi connectivity index (χ1) is 6.84. The fourth-order valence-electron chi connectivity index (χ4n) is 0.939. The summed E-state index contributed by atoms with van der Waals surface area (Å²) in [6, 6.07) is 1.92. The summed E-state index contributed by atoms with van der Waals surface area (Å²) in [6.45, 7) is 0. The van der Waals surface area contributed by atoms with E-state index in [9.17, 15) is 21.5 Å². The number of esters is 1. The monoisotopic (exact) mass is 236 g/mol. The smallest absolute Gasteiger partial charge is 0.337 e. The summed E-state index contributed by atoms with van der Waals surface area (Å²) in [6.07, 6.45) is 0. The molecule has 0 fully saturated rings. The highest BCUT2D eigenvalue weighted by Gasteiger charge is 2.17. The highest BCUT2D eigenvalue weighted by Crippen LogP contribution is 2.17. The first kappa shape index (κ1) is 11.6. The predicted molar refractivity (Wildman–Crippen MR) is 46.0 cm³/mol. The molecule has 15 heavy (non-hydrogen) atoms. The van der Waals surface area contributed by atoms with E-state index in [-0.39, 0.29) is 5.56 Å². The molecule has 0 spiro atoms. The molecule has 0 aliphatic rings. The van der Waals surface area contributed by atoms with Gasteiger partial charge in [0.25, 0.3) is 0 Å². The van der Waals surface area contributed by atoms with Gasteiger partial charge in [0, 0.05) is 0 Å². The number of carbonyl (C=O) groups excluding carboxylic acids is 1. The average Bonchev–Trinajstić information content (AvgIpc) is 2.14. The van der Waals surface area contributed by atoms with Gasteiger partial charge in [-0.25, -0.2) is 9.18 Å². The standard InChI is InChI=1S/C8H6F2O4S/c1-14-8(11)5-2-6(9)4-7(3-5)15(10,12)13/h2-4H,1H3. The van der Waals surface area contributed by atoms with Crippen LogP contribution in [0.1, 0.15) is 10.4 Å². The Balaban J connectivity index is 3.35. The van der Waals surface area contributed by atoms with E-state index in [1.165, 1.54) is 0 Å². The zero-order valence-corrected chi connectivity index (χ0v) is 8.35. The molecule has 0 aromatic heterocycles.